The molecule has 0 amide bonds. The van der Waals surface area contributed by atoms with E-state index in [1.165, 1.54) is 11.1 Å². The number of aryl methyl sites for hydroxylation is 1. The summed E-state index contributed by atoms with van der Waals surface area (Å²) < 4.78 is 0. The Hall–Kier alpha value is -1.61. The van der Waals surface area contributed by atoms with Crippen molar-refractivity contribution in [2.45, 2.75) is 39.5 Å². The molecule has 4 heteroatoms. The van der Waals surface area contributed by atoms with Gasteiger partial charge in [-0.1, -0.05) is 62.2 Å². The molecule has 0 aliphatic carbocycles. The predicted molar refractivity (Wildman–Crippen MR) is 89.1 cm³/mol. The fraction of sp³-hybridized carbons (Fsp3) is 0.412. The van der Waals surface area contributed by atoms with Crippen LogP contribution < -0.4 is 5.32 Å². The molecule has 0 spiro atoms. The number of benzene rings is 1. The van der Waals surface area contributed by atoms with Crippen molar-refractivity contribution in [3.05, 3.63) is 52.4 Å². The van der Waals surface area contributed by atoms with Crippen molar-refractivity contribution >= 4 is 17.4 Å². The van der Waals surface area contributed by atoms with Crippen LogP contribution in [0.25, 0.3) is 0 Å². The molecule has 2 aromatic rings. The first-order valence-electron chi connectivity index (χ1n) is 7.19. The maximum Gasteiger partial charge on any atom is 0.137 e. The van der Waals surface area contributed by atoms with Gasteiger partial charge in [-0.3, -0.25) is 0 Å². The van der Waals surface area contributed by atoms with Gasteiger partial charge in [0.25, 0.3) is 0 Å². The van der Waals surface area contributed by atoms with Gasteiger partial charge in [0.05, 0.1) is 0 Å². The molecule has 0 unspecified atom stereocenters. The molecule has 0 radical (unpaired) electrons. The van der Waals surface area contributed by atoms with Crippen LogP contribution in [-0.4, -0.2) is 16.5 Å². The van der Waals surface area contributed by atoms with Crippen LogP contribution >= 0.6 is 11.6 Å². The first kappa shape index (κ1) is 15.8. The highest BCUT2D eigenvalue weighted by atomic mass is 35.5. The van der Waals surface area contributed by atoms with Crippen molar-refractivity contribution < 1.29 is 0 Å². The Morgan fingerprint density at radius 2 is 1.90 bits per heavy atom. The van der Waals surface area contributed by atoms with Gasteiger partial charge in [-0.25, -0.2) is 9.97 Å². The third kappa shape index (κ3) is 4.71. The second kappa shape index (κ2) is 6.44. The molecule has 1 N–H and O–H groups in total. The van der Waals surface area contributed by atoms with E-state index >= 15 is 0 Å². The number of nitrogens with zero attached hydrogens (tertiary/aromatic N) is 2. The lowest BCUT2D eigenvalue weighted by atomic mass is 9.96. The van der Waals surface area contributed by atoms with Crippen LogP contribution in [0, 0.1) is 6.92 Å². The Balaban J connectivity index is 2.02. The molecule has 112 valence electrons. The van der Waals surface area contributed by atoms with Gasteiger partial charge in [0.2, 0.25) is 0 Å². The largest absolute Gasteiger partial charge is 0.370 e. The molecule has 0 saturated heterocycles. The minimum absolute atomic E-state index is 0.113. The molecule has 1 aromatic heterocycles. The van der Waals surface area contributed by atoms with E-state index in [9.17, 15) is 0 Å². The second-order valence-corrected chi connectivity index (χ2v) is 6.70. The predicted octanol–water partition coefficient (Wildman–Crippen LogP) is 4.39. The lowest BCUT2D eigenvalue weighted by molar-refractivity contribution is 0.546. The van der Waals surface area contributed by atoms with Crippen molar-refractivity contribution in [2.75, 3.05) is 11.9 Å². The quantitative estimate of drug-likeness (QED) is 0.851. The van der Waals surface area contributed by atoms with E-state index in [1.807, 2.05) is 0 Å². The van der Waals surface area contributed by atoms with Gasteiger partial charge in [-0.15, -0.1) is 0 Å². The summed E-state index contributed by atoms with van der Waals surface area (Å²) >= 11 is 6.08. The Labute approximate surface area is 131 Å². The number of hydrogen-bond acceptors (Lipinski definition) is 3. The monoisotopic (exact) mass is 303 g/mol. The summed E-state index contributed by atoms with van der Waals surface area (Å²) in [4.78, 5) is 8.84. The van der Waals surface area contributed by atoms with Crippen LogP contribution in [0.1, 0.15) is 37.7 Å². The zero-order valence-electron chi connectivity index (χ0n) is 13.1. The highest BCUT2D eigenvalue weighted by Crippen LogP contribution is 2.22. The molecule has 1 aromatic carbocycles. The second-order valence-electron chi connectivity index (χ2n) is 6.32. The first-order valence-corrected chi connectivity index (χ1v) is 7.57. The van der Waals surface area contributed by atoms with E-state index in [1.54, 1.807) is 6.07 Å². The third-order valence-corrected chi connectivity index (χ3v) is 3.36. The summed E-state index contributed by atoms with van der Waals surface area (Å²) in [5, 5.41) is 3.81. The Kier molecular flexibility index (Phi) is 4.84. The first-order chi connectivity index (χ1) is 9.84. The van der Waals surface area contributed by atoms with Gasteiger partial charge in [0, 0.05) is 18.0 Å². The van der Waals surface area contributed by atoms with E-state index in [-0.39, 0.29) is 5.41 Å². The van der Waals surface area contributed by atoms with E-state index in [2.05, 4.69) is 67.2 Å². The van der Waals surface area contributed by atoms with Crippen LogP contribution in [0.5, 0.6) is 0 Å². The smallest absolute Gasteiger partial charge is 0.137 e. The number of nitrogens with one attached hydrogen (secondary N) is 1. The van der Waals surface area contributed by atoms with Crippen LogP contribution in [-0.2, 0) is 11.8 Å². The molecule has 0 saturated carbocycles. The fourth-order valence-electron chi connectivity index (χ4n) is 2.05. The maximum absolute atomic E-state index is 6.08. The Morgan fingerprint density at radius 3 is 2.57 bits per heavy atom. The zero-order chi connectivity index (χ0) is 15.5. The SMILES string of the molecule is Cc1cccc(CCNc2cc(Cl)nc(C(C)(C)C)n2)c1. The molecular formula is C17H22ClN3. The van der Waals surface area contributed by atoms with Gasteiger partial charge in [0.1, 0.15) is 16.8 Å². The molecule has 3 nitrogen and oxygen atoms in total. The molecule has 1 heterocycles. The van der Waals surface area contributed by atoms with Crippen LogP contribution in [0.3, 0.4) is 0 Å². The van der Waals surface area contributed by atoms with E-state index in [0.29, 0.717) is 5.15 Å². The van der Waals surface area contributed by atoms with Crippen molar-refractivity contribution in [3.63, 3.8) is 0 Å². The van der Waals surface area contributed by atoms with Gasteiger partial charge >= 0.3 is 0 Å². The summed E-state index contributed by atoms with van der Waals surface area (Å²) in [6.45, 7) is 9.16. The Morgan fingerprint density at radius 1 is 1.14 bits per heavy atom. The zero-order valence-corrected chi connectivity index (χ0v) is 13.8. The molecule has 0 aliphatic rings. The van der Waals surface area contributed by atoms with Gasteiger partial charge in [-0.05, 0) is 18.9 Å². The fourth-order valence-corrected chi connectivity index (χ4v) is 2.23. The van der Waals surface area contributed by atoms with E-state index < -0.39 is 0 Å². The van der Waals surface area contributed by atoms with Crippen molar-refractivity contribution in [3.8, 4) is 0 Å². The average Bonchev–Trinajstić information content (AvgIpc) is 2.37. The maximum atomic E-state index is 6.08. The minimum Gasteiger partial charge on any atom is -0.370 e. The molecule has 0 atom stereocenters. The highest BCUT2D eigenvalue weighted by molar-refractivity contribution is 6.29. The molecule has 0 bridgehead atoms. The van der Waals surface area contributed by atoms with Crippen molar-refractivity contribution in [2.24, 2.45) is 0 Å². The number of aromatic nitrogens is 2. The topological polar surface area (TPSA) is 37.8 Å². The molecule has 21 heavy (non-hydrogen) atoms. The van der Waals surface area contributed by atoms with Crippen LogP contribution in [0.15, 0.2) is 30.3 Å². The summed E-state index contributed by atoms with van der Waals surface area (Å²) in [5.74, 6) is 1.54. The summed E-state index contributed by atoms with van der Waals surface area (Å²) in [5.41, 5.74) is 2.49. The lowest BCUT2D eigenvalue weighted by Gasteiger charge is -2.17. The average molecular weight is 304 g/mol. The number of hydrogen-bond donors (Lipinski definition) is 1. The third-order valence-electron chi connectivity index (χ3n) is 3.17. The number of rotatable bonds is 4. The van der Waals surface area contributed by atoms with Gasteiger partial charge in [0.15, 0.2) is 0 Å². The number of anilines is 1. The van der Waals surface area contributed by atoms with E-state index in [4.69, 9.17) is 11.6 Å². The standard InChI is InChI=1S/C17H22ClN3/c1-12-6-5-7-13(10-12)8-9-19-15-11-14(18)20-16(21-15)17(2,3)4/h5-7,10-11H,8-9H2,1-4H3,(H,19,20,21). The molecular weight excluding hydrogens is 282 g/mol. The van der Waals surface area contributed by atoms with Gasteiger partial charge in [-0.2, -0.15) is 0 Å². The van der Waals surface area contributed by atoms with Gasteiger partial charge < -0.3 is 5.32 Å². The lowest BCUT2D eigenvalue weighted by Crippen LogP contribution is -2.17. The van der Waals surface area contributed by atoms with Crippen molar-refractivity contribution in [1.29, 1.82) is 0 Å². The summed E-state index contributed by atoms with van der Waals surface area (Å²) in [6, 6.07) is 10.3. The number of halogens is 1. The molecule has 0 fully saturated rings. The van der Waals surface area contributed by atoms with Crippen LogP contribution in [0.4, 0.5) is 5.82 Å². The Bertz CT molecular complexity index is 618. The molecule has 2 rings (SSSR count). The normalized spacial score (nSPS) is 11.5. The minimum atomic E-state index is -0.113. The van der Waals surface area contributed by atoms with Crippen LogP contribution in [0.2, 0.25) is 5.15 Å². The molecule has 0 aliphatic heterocycles. The van der Waals surface area contributed by atoms with E-state index in [0.717, 1.165) is 24.6 Å². The summed E-state index contributed by atoms with van der Waals surface area (Å²) in [6.07, 6.45) is 0.953. The summed E-state index contributed by atoms with van der Waals surface area (Å²) in [7, 11) is 0. The van der Waals surface area contributed by atoms with Crippen molar-refractivity contribution in [1.82, 2.24) is 9.97 Å². The highest BCUT2D eigenvalue weighted by Gasteiger charge is 2.18.